The highest BCUT2D eigenvalue weighted by atomic mass is 16.3. The highest BCUT2D eigenvalue weighted by molar-refractivity contribution is 6.19. The number of aromatic nitrogens is 2. The largest absolute Gasteiger partial charge is 0.456 e. The Kier molecular flexibility index (Phi) is 3.45. The molecule has 1 saturated carbocycles. The Bertz CT molecular complexity index is 1440. The lowest BCUT2D eigenvalue weighted by molar-refractivity contribution is -0.642. The van der Waals surface area contributed by atoms with E-state index in [4.69, 9.17) is 4.42 Å². The van der Waals surface area contributed by atoms with Crippen molar-refractivity contribution >= 4 is 43.7 Å². The van der Waals surface area contributed by atoms with Crippen molar-refractivity contribution in [1.82, 2.24) is 4.57 Å². The molecule has 0 unspecified atom stereocenters. The van der Waals surface area contributed by atoms with Crippen molar-refractivity contribution in [2.24, 2.45) is 14.1 Å². The summed E-state index contributed by atoms with van der Waals surface area (Å²) in [6.45, 7) is 4.44. The van der Waals surface area contributed by atoms with E-state index >= 15 is 0 Å². The molecule has 0 atom stereocenters. The average Bonchev–Trinajstić information content (AvgIpc) is 3.38. The van der Waals surface area contributed by atoms with Gasteiger partial charge in [-0.25, -0.2) is 4.57 Å². The third kappa shape index (κ3) is 2.22. The first-order valence-electron chi connectivity index (χ1n) is 10.8. The van der Waals surface area contributed by atoms with Gasteiger partial charge in [0.1, 0.15) is 18.2 Å². The lowest BCUT2D eigenvalue weighted by Gasteiger charge is -2.18. The topological polar surface area (TPSA) is 21.9 Å². The van der Waals surface area contributed by atoms with Gasteiger partial charge in [-0.3, -0.25) is 0 Å². The molecule has 1 aliphatic rings. The molecular formula is C26H27N2O+. The summed E-state index contributed by atoms with van der Waals surface area (Å²) in [5.74, 6) is 0.678. The van der Waals surface area contributed by atoms with Crippen molar-refractivity contribution in [1.29, 1.82) is 0 Å². The van der Waals surface area contributed by atoms with Crippen LogP contribution in [0.25, 0.3) is 43.7 Å². The summed E-state index contributed by atoms with van der Waals surface area (Å²) >= 11 is 0. The van der Waals surface area contributed by atoms with Crippen LogP contribution in [0.15, 0.2) is 41.1 Å². The Labute approximate surface area is 170 Å². The molecule has 0 spiro atoms. The van der Waals surface area contributed by atoms with Gasteiger partial charge in [0.05, 0.1) is 16.3 Å². The summed E-state index contributed by atoms with van der Waals surface area (Å²) in [5, 5.41) is 5.08. The van der Waals surface area contributed by atoms with Crippen molar-refractivity contribution in [3.05, 3.63) is 53.3 Å². The molecule has 1 aliphatic carbocycles. The van der Waals surface area contributed by atoms with E-state index in [1.165, 1.54) is 75.0 Å². The average molecular weight is 384 g/mol. The van der Waals surface area contributed by atoms with E-state index in [1.807, 2.05) is 0 Å². The summed E-state index contributed by atoms with van der Waals surface area (Å²) in [6, 6.07) is 9.20. The first kappa shape index (κ1) is 17.1. The molecule has 3 aromatic heterocycles. The van der Waals surface area contributed by atoms with Crippen LogP contribution in [0.2, 0.25) is 0 Å². The van der Waals surface area contributed by atoms with Crippen LogP contribution in [0.5, 0.6) is 0 Å². The van der Waals surface area contributed by atoms with Crippen molar-refractivity contribution in [3.8, 4) is 0 Å². The zero-order valence-corrected chi connectivity index (χ0v) is 17.7. The number of aryl methyl sites for hydroxylation is 4. The lowest BCUT2D eigenvalue weighted by atomic mass is 9.93. The Hall–Kier alpha value is -2.81. The van der Waals surface area contributed by atoms with Crippen molar-refractivity contribution in [3.63, 3.8) is 0 Å². The van der Waals surface area contributed by atoms with Gasteiger partial charge in [-0.05, 0) is 55.7 Å². The highest BCUT2D eigenvalue weighted by Crippen LogP contribution is 2.42. The van der Waals surface area contributed by atoms with Gasteiger partial charge in [0, 0.05) is 35.8 Å². The molecule has 1 fully saturated rings. The molecule has 0 amide bonds. The van der Waals surface area contributed by atoms with Gasteiger partial charge in [0.15, 0.2) is 6.20 Å². The van der Waals surface area contributed by atoms with Crippen LogP contribution < -0.4 is 4.57 Å². The van der Waals surface area contributed by atoms with Crippen LogP contribution in [-0.4, -0.2) is 4.57 Å². The number of hydrogen-bond acceptors (Lipinski definition) is 1. The molecular weight excluding hydrogens is 356 g/mol. The summed E-state index contributed by atoms with van der Waals surface area (Å²) in [4.78, 5) is 0. The third-order valence-electron chi connectivity index (χ3n) is 7.27. The van der Waals surface area contributed by atoms with Gasteiger partial charge in [-0.1, -0.05) is 18.9 Å². The highest BCUT2D eigenvalue weighted by Gasteiger charge is 2.24. The maximum Gasteiger partial charge on any atom is 0.216 e. The van der Waals surface area contributed by atoms with Crippen LogP contribution in [-0.2, 0) is 14.1 Å². The van der Waals surface area contributed by atoms with E-state index in [-0.39, 0.29) is 0 Å². The maximum absolute atomic E-state index is 6.71. The molecule has 3 heteroatoms. The minimum Gasteiger partial charge on any atom is -0.456 e. The molecule has 146 valence electrons. The molecule has 29 heavy (non-hydrogen) atoms. The van der Waals surface area contributed by atoms with Crippen LogP contribution >= 0.6 is 0 Å². The second-order valence-corrected chi connectivity index (χ2v) is 8.99. The van der Waals surface area contributed by atoms with Gasteiger partial charge in [-0.15, -0.1) is 0 Å². The molecule has 0 radical (unpaired) electrons. The Balaban J connectivity index is 1.85. The number of nitrogens with zero attached hydrogens (tertiary/aromatic N) is 2. The fourth-order valence-electron chi connectivity index (χ4n) is 5.78. The minimum absolute atomic E-state index is 0.678. The molecule has 6 rings (SSSR count). The maximum atomic E-state index is 6.71. The number of pyridine rings is 1. The van der Waals surface area contributed by atoms with E-state index in [0.717, 1.165) is 11.2 Å². The van der Waals surface area contributed by atoms with Crippen LogP contribution in [0, 0.1) is 13.8 Å². The second-order valence-electron chi connectivity index (χ2n) is 8.99. The quantitative estimate of drug-likeness (QED) is 0.188. The van der Waals surface area contributed by atoms with Crippen LogP contribution in [0.3, 0.4) is 0 Å². The predicted octanol–water partition coefficient (Wildman–Crippen LogP) is 6.33. The molecule has 0 aliphatic heterocycles. The summed E-state index contributed by atoms with van der Waals surface area (Å²) in [6.07, 6.45) is 9.67. The molecule has 3 nitrogen and oxygen atoms in total. The third-order valence-corrected chi connectivity index (χ3v) is 7.27. The Morgan fingerprint density at radius 2 is 1.83 bits per heavy atom. The zero-order valence-electron chi connectivity index (χ0n) is 17.7. The molecule has 3 heterocycles. The fraction of sp³-hybridized carbons (Fsp3) is 0.346. The number of hydrogen-bond donors (Lipinski definition) is 0. The number of benzene rings is 2. The summed E-state index contributed by atoms with van der Waals surface area (Å²) < 4.78 is 11.2. The van der Waals surface area contributed by atoms with Crippen LogP contribution in [0.1, 0.15) is 48.3 Å². The SMILES string of the molecule is Cc1c2cc[n+](C)c2c(C)c2c1oc1cc(C3CCCC3)cc3ccn(C)c2c31. The van der Waals surface area contributed by atoms with Crippen molar-refractivity contribution in [2.75, 3.05) is 0 Å². The molecule has 2 aromatic carbocycles. The van der Waals surface area contributed by atoms with Gasteiger partial charge >= 0.3 is 0 Å². The fourth-order valence-corrected chi connectivity index (χ4v) is 5.78. The molecule has 5 aromatic rings. The van der Waals surface area contributed by atoms with Gasteiger partial charge < -0.3 is 8.98 Å². The van der Waals surface area contributed by atoms with E-state index in [2.05, 4.69) is 73.7 Å². The van der Waals surface area contributed by atoms with Crippen LogP contribution in [0.4, 0.5) is 0 Å². The second kappa shape index (κ2) is 5.85. The summed E-state index contributed by atoms with van der Waals surface area (Å²) in [5.41, 5.74) is 8.61. The summed E-state index contributed by atoms with van der Waals surface area (Å²) in [7, 11) is 4.29. The molecule has 0 saturated heterocycles. The van der Waals surface area contributed by atoms with Gasteiger partial charge in [-0.2, -0.15) is 0 Å². The minimum atomic E-state index is 0.678. The standard InChI is InChI=1S/C26H27N2O/c1-15-20-10-12-27(3)24(20)16(2)22-25-23-18(9-11-28(25)4)13-19(17-7-5-6-8-17)14-21(23)29-26(15)22/h9-14,17H,5-8H2,1-4H3/q+1. The van der Waals surface area contributed by atoms with Gasteiger partial charge in [0.25, 0.3) is 0 Å². The first-order valence-corrected chi connectivity index (χ1v) is 10.8. The van der Waals surface area contributed by atoms with E-state index < -0.39 is 0 Å². The van der Waals surface area contributed by atoms with E-state index in [1.54, 1.807) is 0 Å². The lowest BCUT2D eigenvalue weighted by Crippen LogP contribution is -2.25. The Morgan fingerprint density at radius 3 is 2.62 bits per heavy atom. The van der Waals surface area contributed by atoms with Crippen molar-refractivity contribution < 1.29 is 8.98 Å². The molecule has 0 bridgehead atoms. The monoisotopic (exact) mass is 383 g/mol. The van der Waals surface area contributed by atoms with E-state index in [9.17, 15) is 0 Å². The molecule has 0 N–H and O–H groups in total. The number of fused-ring (bicyclic) bond motifs is 3. The Morgan fingerprint density at radius 1 is 1.03 bits per heavy atom. The van der Waals surface area contributed by atoms with Gasteiger partial charge in [0.2, 0.25) is 5.52 Å². The number of rotatable bonds is 1. The normalized spacial score (nSPS) is 15.6. The zero-order chi connectivity index (χ0) is 19.9. The smallest absolute Gasteiger partial charge is 0.216 e. The first-order chi connectivity index (χ1) is 14.0. The van der Waals surface area contributed by atoms with E-state index in [0.29, 0.717) is 5.92 Å². The predicted molar refractivity (Wildman–Crippen MR) is 120 cm³/mol. The van der Waals surface area contributed by atoms with Crippen molar-refractivity contribution in [2.45, 2.75) is 45.4 Å².